The van der Waals surface area contributed by atoms with Gasteiger partial charge < -0.3 is 14.9 Å². The molecule has 0 fully saturated rings. The molecule has 0 aliphatic rings. The Morgan fingerprint density at radius 2 is 2.09 bits per heavy atom. The highest BCUT2D eigenvalue weighted by atomic mass is 32.1. The van der Waals surface area contributed by atoms with Crippen LogP contribution in [0.3, 0.4) is 0 Å². The molecule has 118 valence electrons. The van der Waals surface area contributed by atoms with Crippen LogP contribution in [0.15, 0.2) is 18.3 Å². The number of rotatable bonds is 5. The predicted molar refractivity (Wildman–Crippen MR) is 81.0 cm³/mol. The van der Waals surface area contributed by atoms with E-state index in [9.17, 15) is 14.3 Å². The number of aryl methyl sites for hydroxylation is 1. The highest BCUT2D eigenvalue weighted by Crippen LogP contribution is 2.33. The van der Waals surface area contributed by atoms with Gasteiger partial charge in [0, 0.05) is 11.1 Å². The molecule has 2 rings (SSSR count). The Balaban J connectivity index is 2.52. The highest BCUT2D eigenvalue weighted by Gasteiger charge is 2.21. The number of nitrogens with zero attached hydrogens (tertiary/aromatic N) is 1. The Morgan fingerprint density at radius 3 is 2.59 bits per heavy atom. The van der Waals surface area contributed by atoms with Crippen LogP contribution in [0.1, 0.15) is 29.1 Å². The smallest absolute Gasteiger partial charge is 0.338 e. The lowest BCUT2D eigenvalue weighted by Gasteiger charge is -2.18. The van der Waals surface area contributed by atoms with Gasteiger partial charge in [0.15, 0.2) is 0 Å². The molecule has 0 bridgehead atoms. The minimum Gasteiger partial charge on any atom is -0.488 e. The van der Waals surface area contributed by atoms with Crippen LogP contribution in [0.5, 0.6) is 5.75 Å². The SMILES string of the molecule is Cc1cnc(-c2cc(O[C@@H](C)[C@@H](C)O)cc(C(=O)O)c2F)s1. The number of halogens is 1. The molecule has 2 aromatic rings. The normalized spacial score (nSPS) is 13.7. The third kappa shape index (κ3) is 3.42. The van der Waals surface area contributed by atoms with Gasteiger partial charge in [0.05, 0.1) is 17.2 Å². The van der Waals surface area contributed by atoms with Crippen molar-refractivity contribution in [1.29, 1.82) is 0 Å². The number of benzene rings is 1. The molecule has 22 heavy (non-hydrogen) atoms. The Bertz CT molecular complexity index is 699. The van der Waals surface area contributed by atoms with Crippen LogP contribution in [-0.4, -0.2) is 33.4 Å². The zero-order chi connectivity index (χ0) is 16.4. The summed E-state index contributed by atoms with van der Waals surface area (Å²) >= 11 is 1.26. The average molecular weight is 325 g/mol. The van der Waals surface area contributed by atoms with E-state index >= 15 is 0 Å². The van der Waals surface area contributed by atoms with Crippen molar-refractivity contribution in [3.8, 4) is 16.3 Å². The molecule has 0 radical (unpaired) electrons. The van der Waals surface area contributed by atoms with Gasteiger partial charge in [-0.05, 0) is 32.9 Å². The second kappa shape index (κ2) is 6.41. The molecule has 0 saturated carbocycles. The van der Waals surface area contributed by atoms with Gasteiger partial charge in [-0.2, -0.15) is 0 Å². The van der Waals surface area contributed by atoms with E-state index < -0.39 is 29.6 Å². The number of aliphatic hydroxyl groups is 1. The third-order valence-electron chi connectivity index (χ3n) is 3.13. The van der Waals surface area contributed by atoms with Crippen LogP contribution in [0.4, 0.5) is 4.39 Å². The predicted octanol–water partition coefficient (Wildman–Crippen LogP) is 3.10. The zero-order valence-electron chi connectivity index (χ0n) is 12.3. The van der Waals surface area contributed by atoms with E-state index in [0.29, 0.717) is 5.01 Å². The molecule has 1 aromatic heterocycles. The van der Waals surface area contributed by atoms with E-state index in [1.54, 1.807) is 20.0 Å². The number of carboxylic acid groups (broad SMARTS) is 1. The molecule has 2 atom stereocenters. The van der Waals surface area contributed by atoms with E-state index in [1.165, 1.54) is 17.4 Å². The fraction of sp³-hybridized carbons (Fsp3) is 0.333. The number of carbonyl (C=O) groups is 1. The van der Waals surface area contributed by atoms with Gasteiger partial charge in [0.25, 0.3) is 0 Å². The van der Waals surface area contributed by atoms with Crippen molar-refractivity contribution in [3.63, 3.8) is 0 Å². The van der Waals surface area contributed by atoms with Crippen LogP contribution in [-0.2, 0) is 0 Å². The molecule has 0 saturated heterocycles. The summed E-state index contributed by atoms with van der Waals surface area (Å²) in [5.74, 6) is -2.06. The first kappa shape index (κ1) is 16.4. The van der Waals surface area contributed by atoms with Crippen LogP contribution < -0.4 is 4.74 Å². The number of aliphatic hydroxyl groups excluding tert-OH is 1. The molecule has 0 spiro atoms. The molecular formula is C15H16FNO4S. The number of aromatic nitrogens is 1. The maximum atomic E-state index is 14.4. The topological polar surface area (TPSA) is 79.7 Å². The van der Waals surface area contributed by atoms with E-state index in [1.807, 2.05) is 6.92 Å². The second-order valence-electron chi connectivity index (χ2n) is 4.98. The minimum atomic E-state index is -1.39. The van der Waals surface area contributed by atoms with Crippen LogP contribution in [0, 0.1) is 12.7 Å². The molecule has 1 aromatic carbocycles. The molecule has 0 amide bonds. The minimum absolute atomic E-state index is 0.0748. The van der Waals surface area contributed by atoms with Crippen molar-refractivity contribution in [3.05, 3.63) is 34.6 Å². The molecule has 0 aliphatic carbocycles. The third-order valence-corrected chi connectivity index (χ3v) is 4.08. The van der Waals surface area contributed by atoms with Crippen molar-refractivity contribution < 1.29 is 24.1 Å². The summed E-state index contributed by atoms with van der Waals surface area (Å²) in [4.78, 5) is 16.2. The van der Waals surface area contributed by atoms with E-state index in [4.69, 9.17) is 9.84 Å². The quantitative estimate of drug-likeness (QED) is 0.883. The summed E-state index contributed by atoms with van der Waals surface area (Å²) in [5, 5.41) is 19.0. The van der Waals surface area contributed by atoms with Crippen LogP contribution in [0.2, 0.25) is 0 Å². The summed E-state index contributed by atoms with van der Waals surface area (Å²) in [6.45, 7) is 5.02. The number of hydrogen-bond donors (Lipinski definition) is 2. The fourth-order valence-corrected chi connectivity index (χ4v) is 2.54. The largest absolute Gasteiger partial charge is 0.488 e. The van der Waals surface area contributed by atoms with Gasteiger partial charge in [-0.1, -0.05) is 0 Å². The summed E-state index contributed by atoms with van der Waals surface area (Å²) in [6, 6.07) is 2.51. The first-order chi connectivity index (χ1) is 10.3. The molecule has 7 heteroatoms. The van der Waals surface area contributed by atoms with Gasteiger partial charge in [0.2, 0.25) is 0 Å². The Hall–Kier alpha value is -1.99. The summed E-state index contributed by atoms with van der Waals surface area (Å²) < 4.78 is 19.9. The standard InChI is InChI=1S/C15H16FNO4S/c1-7-6-17-14(22-7)11-4-10(21-9(3)8(2)18)5-12(13(11)16)15(19)20/h4-6,8-9,18H,1-3H3,(H,19,20)/t8-,9+/m1/s1. The number of carboxylic acids is 1. The molecule has 1 heterocycles. The Labute approximate surface area is 131 Å². The van der Waals surface area contributed by atoms with E-state index in [-0.39, 0.29) is 11.3 Å². The Kier molecular flexibility index (Phi) is 4.77. The molecule has 5 nitrogen and oxygen atoms in total. The lowest BCUT2D eigenvalue weighted by molar-refractivity contribution is 0.0599. The highest BCUT2D eigenvalue weighted by molar-refractivity contribution is 7.14. The summed E-state index contributed by atoms with van der Waals surface area (Å²) in [6.07, 6.45) is 0.285. The van der Waals surface area contributed by atoms with Gasteiger partial charge in [-0.3, -0.25) is 0 Å². The fourth-order valence-electron chi connectivity index (χ4n) is 1.77. The van der Waals surface area contributed by atoms with Crippen LogP contribution in [0.25, 0.3) is 10.6 Å². The summed E-state index contributed by atoms with van der Waals surface area (Å²) in [5.41, 5.74) is -0.413. The molecule has 2 N–H and O–H groups in total. The van der Waals surface area contributed by atoms with Gasteiger partial charge in [-0.25, -0.2) is 14.2 Å². The van der Waals surface area contributed by atoms with E-state index in [0.717, 1.165) is 10.9 Å². The average Bonchev–Trinajstić information content (AvgIpc) is 2.86. The van der Waals surface area contributed by atoms with Gasteiger partial charge in [0.1, 0.15) is 22.7 Å². The van der Waals surface area contributed by atoms with Crippen LogP contribution >= 0.6 is 11.3 Å². The first-order valence-electron chi connectivity index (χ1n) is 6.64. The van der Waals surface area contributed by atoms with Crippen molar-refractivity contribution >= 4 is 17.3 Å². The number of hydrogen-bond acceptors (Lipinski definition) is 5. The Morgan fingerprint density at radius 1 is 1.41 bits per heavy atom. The lowest BCUT2D eigenvalue weighted by atomic mass is 10.1. The maximum absolute atomic E-state index is 14.4. The van der Waals surface area contributed by atoms with Crippen molar-refractivity contribution in [2.24, 2.45) is 0 Å². The number of thiazole rings is 1. The number of ether oxygens (including phenoxy) is 1. The monoisotopic (exact) mass is 325 g/mol. The maximum Gasteiger partial charge on any atom is 0.338 e. The van der Waals surface area contributed by atoms with E-state index in [2.05, 4.69) is 4.98 Å². The molecule has 0 aliphatic heterocycles. The van der Waals surface area contributed by atoms with Crippen molar-refractivity contribution in [2.45, 2.75) is 33.0 Å². The lowest BCUT2D eigenvalue weighted by Crippen LogP contribution is -2.25. The summed E-state index contributed by atoms with van der Waals surface area (Å²) in [7, 11) is 0. The van der Waals surface area contributed by atoms with Gasteiger partial charge in [-0.15, -0.1) is 11.3 Å². The first-order valence-corrected chi connectivity index (χ1v) is 7.45. The molecular weight excluding hydrogens is 309 g/mol. The number of aromatic carboxylic acids is 1. The molecule has 0 unspecified atom stereocenters. The zero-order valence-corrected chi connectivity index (χ0v) is 13.1. The van der Waals surface area contributed by atoms with Crippen molar-refractivity contribution in [1.82, 2.24) is 4.98 Å². The van der Waals surface area contributed by atoms with Crippen molar-refractivity contribution in [2.75, 3.05) is 0 Å². The van der Waals surface area contributed by atoms with Gasteiger partial charge >= 0.3 is 5.97 Å². The second-order valence-corrected chi connectivity index (χ2v) is 6.21.